The van der Waals surface area contributed by atoms with Gasteiger partial charge in [0.15, 0.2) is 0 Å². The number of nitrogens with zero attached hydrogens (tertiary/aromatic N) is 2. The van der Waals surface area contributed by atoms with Gasteiger partial charge in [0.2, 0.25) is 5.91 Å². The summed E-state index contributed by atoms with van der Waals surface area (Å²) < 4.78 is 5.79. The molecule has 0 saturated carbocycles. The molecule has 5 heteroatoms. The Morgan fingerprint density at radius 2 is 1.92 bits per heavy atom. The lowest BCUT2D eigenvalue weighted by Gasteiger charge is -2.08. The molecular weight excluding hydrogens is 314 g/mol. The van der Waals surface area contributed by atoms with Gasteiger partial charge in [-0.2, -0.15) is 0 Å². The number of hydrogen-bond donors (Lipinski definition) is 1. The Hall–Kier alpha value is -3.21. The van der Waals surface area contributed by atoms with Crippen LogP contribution in [0.25, 0.3) is 17.0 Å². The van der Waals surface area contributed by atoms with E-state index >= 15 is 0 Å². The first-order chi connectivity index (χ1) is 12.3. The molecule has 0 bridgehead atoms. The van der Waals surface area contributed by atoms with Crippen LogP contribution >= 0.6 is 0 Å². The maximum Gasteiger partial charge on any atom is 0.244 e. The Bertz CT molecular complexity index is 858. The van der Waals surface area contributed by atoms with Crippen LogP contribution in [-0.2, 0) is 4.79 Å². The molecule has 1 aromatic carbocycles. The minimum absolute atomic E-state index is 0.141. The molecule has 0 aliphatic rings. The second kappa shape index (κ2) is 8.59. The van der Waals surface area contributed by atoms with Crippen LogP contribution in [0, 0.1) is 0 Å². The summed E-state index contributed by atoms with van der Waals surface area (Å²) in [5.74, 6) is 0.622. The highest BCUT2D eigenvalue weighted by atomic mass is 16.5. The molecule has 1 amide bonds. The average molecular weight is 333 g/mol. The molecule has 0 unspecified atom stereocenters. The maximum atomic E-state index is 11.7. The molecule has 3 rings (SSSR count). The summed E-state index contributed by atoms with van der Waals surface area (Å²) in [6.07, 6.45) is 7.33. The van der Waals surface area contributed by atoms with Gasteiger partial charge in [0.05, 0.1) is 12.3 Å². The van der Waals surface area contributed by atoms with E-state index in [0.29, 0.717) is 19.6 Å². The lowest BCUT2D eigenvalue weighted by Crippen LogP contribution is -2.23. The van der Waals surface area contributed by atoms with E-state index in [4.69, 9.17) is 4.74 Å². The zero-order chi connectivity index (χ0) is 17.3. The van der Waals surface area contributed by atoms with Crippen molar-refractivity contribution in [2.75, 3.05) is 13.2 Å². The van der Waals surface area contributed by atoms with Crippen molar-refractivity contribution in [2.24, 2.45) is 0 Å². The van der Waals surface area contributed by atoms with Gasteiger partial charge in [-0.25, -0.2) is 0 Å². The van der Waals surface area contributed by atoms with Gasteiger partial charge in [-0.15, -0.1) is 0 Å². The van der Waals surface area contributed by atoms with Crippen molar-refractivity contribution in [3.05, 3.63) is 72.7 Å². The molecule has 25 heavy (non-hydrogen) atoms. The summed E-state index contributed by atoms with van der Waals surface area (Å²) in [7, 11) is 0. The molecule has 126 valence electrons. The van der Waals surface area contributed by atoms with Crippen molar-refractivity contribution in [2.45, 2.75) is 6.42 Å². The number of para-hydroxylation sites is 1. The molecule has 3 aromatic rings. The predicted molar refractivity (Wildman–Crippen MR) is 98.1 cm³/mol. The third-order valence-corrected chi connectivity index (χ3v) is 3.57. The summed E-state index contributed by atoms with van der Waals surface area (Å²) in [5, 5.41) is 3.88. The maximum absolute atomic E-state index is 11.7. The van der Waals surface area contributed by atoms with Crippen LogP contribution in [0.3, 0.4) is 0 Å². The number of carbonyl (C=O) groups is 1. The highest BCUT2D eigenvalue weighted by Crippen LogP contribution is 2.22. The van der Waals surface area contributed by atoms with E-state index in [0.717, 1.165) is 22.3 Å². The number of amides is 1. The molecule has 0 aliphatic heterocycles. The zero-order valence-electron chi connectivity index (χ0n) is 13.8. The highest BCUT2D eigenvalue weighted by Gasteiger charge is 2.02. The Labute approximate surface area is 146 Å². The number of rotatable bonds is 7. The average Bonchev–Trinajstić information content (AvgIpc) is 2.67. The fraction of sp³-hybridized carbons (Fsp3) is 0.150. The monoisotopic (exact) mass is 333 g/mol. The fourth-order valence-corrected chi connectivity index (χ4v) is 2.35. The van der Waals surface area contributed by atoms with Gasteiger partial charge >= 0.3 is 0 Å². The standard InChI is InChI=1S/C20H19N3O2/c24-19(11-10-17-8-1-2-12-21-17)22-14-5-15-25-18-9-3-6-16-7-4-13-23-20(16)18/h1-4,6-13H,5,14-15H2,(H,22,24). The van der Waals surface area contributed by atoms with Crippen LogP contribution in [0.2, 0.25) is 0 Å². The van der Waals surface area contributed by atoms with E-state index in [1.165, 1.54) is 6.08 Å². The second-order valence-electron chi connectivity index (χ2n) is 5.41. The third kappa shape index (κ3) is 4.88. The Balaban J connectivity index is 1.41. The molecule has 0 radical (unpaired) electrons. The smallest absolute Gasteiger partial charge is 0.244 e. The van der Waals surface area contributed by atoms with Crippen LogP contribution in [-0.4, -0.2) is 29.0 Å². The van der Waals surface area contributed by atoms with Gasteiger partial charge in [-0.3, -0.25) is 14.8 Å². The van der Waals surface area contributed by atoms with E-state index in [1.807, 2.05) is 48.5 Å². The van der Waals surface area contributed by atoms with Crippen molar-refractivity contribution in [1.29, 1.82) is 0 Å². The molecule has 2 aromatic heterocycles. The molecule has 0 spiro atoms. The molecule has 0 fully saturated rings. The number of pyridine rings is 2. The van der Waals surface area contributed by atoms with Crippen LogP contribution in [0.5, 0.6) is 5.75 Å². The highest BCUT2D eigenvalue weighted by molar-refractivity contribution is 5.91. The molecule has 1 N–H and O–H groups in total. The number of aromatic nitrogens is 2. The fourth-order valence-electron chi connectivity index (χ4n) is 2.35. The topological polar surface area (TPSA) is 64.1 Å². The van der Waals surface area contributed by atoms with Crippen LogP contribution in [0.15, 0.2) is 67.0 Å². The van der Waals surface area contributed by atoms with Crippen molar-refractivity contribution in [3.63, 3.8) is 0 Å². The number of carbonyl (C=O) groups excluding carboxylic acids is 1. The number of benzene rings is 1. The second-order valence-corrected chi connectivity index (χ2v) is 5.41. The van der Waals surface area contributed by atoms with Crippen LogP contribution in [0.1, 0.15) is 12.1 Å². The van der Waals surface area contributed by atoms with Gasteiger partial charge < -0.3 is 10.1 Å². The largest absolute Gasteiger partial charge is 0.491 e. The van der Waals surface area contributed by atoms with Crippen molar-refractivity contribution in [3.8, 4) is 5.75 Å². The van der Waals surface area contributed by atoms with Gasteiger partial charge in [-0.1, -0.05) is 24.3 Å². The van der Waals surface area contributed by atoms with E-state index in [2.05, 4.69) is 15.3 Å². The van der Waals surface area contributed by atoms with Gasteiger partial charge in [0, 0.05) is 30.4 Å². The first-order valence-corrected chi connectivity index (χ1v) is 8.16. The molecule has 0 saturated heterocycles. The summed E-state index contributed by atoms with van der Waals surface area (Å²) in [6, 6.07) is 15.3. The van der Waals surface area contributed by atoms with Gasteiger partial charge in [0.25, 0.3) is 0 Å². The number of nitrogens with one attached hydrogen (secondary N) is 1. The first-order valence-electron chi connectivity index (χ1n) is 8.16. The SMILES string of the molecule is O=C(C=Cc1ccccn1)NCCCOc1cccc2cccnc12. The number of ether oxygens (including phenoxy) is 1. The molecular formula is C20H19N3O2. The summed E-state index contributed by atoms with van der Waals surface area (Å²) in [5.41, 5.74) is 1.61. The molecule has 0 aliphatic carbocycles. The van der Waals surface area contributed by atoms with E-state index < -0.39 is 0 Å². The quantitative estimate of drug-likeness (QED) is 0.532. The Morgan fingerprint density at radius 1 is 1.04 bits per heavy atom. The Kier molecular flexibility index (Phi) is 5.72. The Morgan fingerprint density at radius 3 is 2.80 bits per heavy atom. The van der Waals surface area contributed by atoms with Crippen LogP contribution < -0.4 is 10.1 Å². The molecule has 0 atom stereocenters. The van der Waals surface area contributed by atoms with Crippen LogP contribution in [0.4, 0.5) is 0 Å². The van der Waals surface area contributed by atoms with Gasteiger partial charge in [-0.05, 0) is 36.8 Å². The zero-order valence-corrected chi connectivity index (χ0v) is 13.8. The number of hydrogen-bond acceptors (Lipinski definition) is 4. The van der Waals surface area contributed by atoms with Crippen molar-refractivity contribution in [1.82, 2.24) is 15.3 Å². The molecule has 5 nitrogen and oxygen atoms in total. The summed E-state index contributed by atoms with van der Waals surface area (Å²) >= 11 is 0. The first kappa shape index (κ1) is 16.6. The van der Waals surface area contributed by atoms with E-state index in [-0.39, 0.29) is 5.91 Å². The van der Waals surface area contributed by atoms with E-state index in [9.17, 15) is 4.79 Å². The molecule has 2 heterocycles. The predicted octanol–water partition coefficient (Wildman–Crippen LogP) is 3.23. The number of fused-ring (bicyclic) bond motifs is 1. The lowest BCUT2D eigenvalue weighted by atomic mass is 10.2. The lowest BCUT2D eigenvalue weighted by molar-refractivity contribution is -0.116. The van der Waals surface area contributed by atoms with E-state index in [1.54, 1.807) is 18.5 Å². The minimum Gasteiger partial charge on any atom is -0.491 e. The van der Waals surface area contributed by atoms with Crippen molar-refractivity contribution >= 4 is 22.9 Å². The van der Waals surface area contributed by atoms with Gasteiger partial charge in [0.1, 0.15) is 11.3 Å². The summed E-state index contributed by atoms with van der Waals surface area (Å²) in [6.45, 7) is 1.06. The summed E-state index contributed by atoms with van der Waals surface area (Å²) in [4.78, 5) is 20.2. The minimum atomic E-state index is -0.141. The van der Waals surface area contributed by atoms with Crippen molar-refractivity contribution < 1.29 is 9.53 Å². The third-order valence-electron chi connectivity index (χ3n) is 3.57. The normalized spacial score (nSPS) is 10.9.